The fourth-order valence-corrected chi connectivity index (χ4v) is 2.26. The van der Waals surface area contributed by atoms with Gasteiger partial charge in [-0.15, -0.1) is 0 Å². The summed E-state index contributed by atoms with van der Waals surface area (Å²) < 4.78 is 18.9. The molecule has 0 aromatic heterocycles. The standard InChI is InChI=1S/C13H18BrFO2/c1-9(8-17-2)5-12(16)7-10-6-11(15)3-4-13(10)14/h3-4,6,9,12,16H,5,7-8H2,1-2H3. The smallest absolute Gasteiger partial charge is 0.123 e. The van der Waals surface area contributed by atoms with Crippen molar-refractivity contribution in [1.29, 1.82) is 0 Å². The van der Waals surface area contributed by atoms with Crippen LogP contribution in [0.2, 0.25) is 0 Å². The maximum atomic E-state index is 13.1. The second kappa shape index (κ2) is 7.09. The summed E-state index contributed by atoms with van der Waals surface area (Å²) in [7, 11) is 1.64. The summed E-state index contributed by atoms with van der Waals surface area (Å²) in [5.41, 5.74) is 0.794. The van der Waals surface area contributed by atoms with Crippen molar-refractivity contribution in [2.75, 3.05) is 13.7 Å². The Morgan fingerprint density at radius 3 is 2.82 bits per heavy atom. The first-order valence-electron chi connectivity index (χ1n) is 5.64. The third-order valence-electron chi connectivity index (χ3n) is 2.59. The molecule has 2 nitrogen and oxygen atoms in total. The normalized spacial score (nSPS) is 14.6. The van der Waals surface area contributed by atoms with Gasteiger partial charge in [-0.1, -0.05) is 22.9 Å². The van der Waals surface area contributed by atoms with Crippen LogP contribution in [-0.2, 0) is 11.2 Å². The minimum atomic E-state index is -0.474. The highest BCUT2D eigenvalue weighted by molar-refractivity contribution is 9.10. The lowest BCUT2D eigenvalue weighted by Gasteiger charge is -2.16. The van der Waals surface area contributed by atoms with Gasteiger partial charge in [-0.2, -0.15) is 0 Å². The highest BCUT2D eigenvalue weighted by atomic mass is 79.9. The van der Waals surface area contributed by atoms with Crippen molar-refractivity contribution >= 4 is 15.9 Å². The van der Waals surface area contributed by atoms with E-state index in [1.54, 1.807) is 13.2 Å². The molecule has 4 heteroatoms. The van der Waals surface area contributed by atoms with Crippen LogP contribution in [0.1, 0.15) is 18.9 Å². The number of hydrogen-bond donors (Lipinski definition) is 1. The molecule has 0 saturated carbocycles. The number of rotatable bonds is 6. The van der Waals surface area contributed by atoms with Crippen LogP contribution in [0.3, 0.4) is 0 Å². The van der Waals surface area contributed by atoms with Gasteiger partial charge in [-0.3, -0.25) is 0 Å². The molecule has 0 aliphatic rings. The zero-order valence-electron chi connectivity index (χ0n) is 10.1. The van der Waals surface area contributed by atoms with Gasteiger partial charge >= 0.3 is 0 Å². The topological polar surface area (TPSA) is 29.5 Å². The van der Waals surface area contributed by atoms with E-state index in [1.165, 1.54) is 12.1 Å². The molecule has 2 unspecified atom stereocenters. The monoisotopic (exact) mass is 304 g/mol. The Bertz CT molecular complexity index is 357. The van der Waals surface area contributed by atoms with Gasteiger partial charge in [-0.25, -0.2) is 4.39 Å². The third kappa shape index (κ3) is 5.15. The van der Waals surface area contributed by atoms with Crippen molar-refractivity contribution in [2.24, 2.45) is 5.92 Å². The summed E-state index contributed by atoms with van der Waals surface area (Å²) in [6, 6.07) is 4.51. The van der Waals surface area contributed by atoms with E-state index in [0.717, 1.165) is 10.0 Å². The van der Waals surface area contributed by atoms with Gasteiger partial charge in [0.1, 0.15) is 5.82 Å². The molecule has 0 bridgehead atoms. The first-order chi connectivity index (χ1) is 8.02. The molecule has 0 aliphatic carbocycles. The predicted octanol–water partition coefficient (Wildman–Crippen LogP) is 3.16. The molecule has 1 rings (SSSR count). The first kappa shape index (κ1) is 14.6. The quantitative estimate of drug-likeness (QED) is 0.875. The molecule has 2 atom stereocenters. The molecule has 96 valence electrons. The molecular weight excluding hydrogens is 287 g/mol. The molecule has 0 spiro atoms. The summed E-state index contributed by atoms with van der Waals surface area (Å²) in [5, 5.41) is 9.92. The summed E-state index contributed by atoms with van der Waals surface area (Å²) in [6.45, 7) is 2.65. The number of ether oxygens (including phenoxy) is 1. The molecule has 0 radical (unpaired) electrons. The van der Waals surface area contributed by atoms with E-state index in [4.69, 9.17) is 4.74 Å². The molecule has 1 N–H and O–H groups in total. The lowest BCUT2D eigenvalue weighted by Crippen LogP contribution is -2.17. The Hall–Kier alpha value is -0.450. The van der Waals surface area contributed by atoms with Gasteiger partial charge in [0, 0.05) is 18.2 Å². The fraction of sp³-hybridized carbons (Fsp3) is 0.538. The van der Waals surface area contributed by atoms with E-state index in [2.05, 4.69) is 15.9 Å². The van der Waals surface area contributed by atoms with Crippen LogP contribution in [0.25, 0.3) is 0 Å². The zero-order chi connectivity index (χ0) is 12.8. The number of aliphatic hydroxyl groups is 1. The predicted molar refractivity (Wildman–Crippen MR) is 69.5 cm³/mol. The van der Waals surface area contributed by atoms with Crippen LogP contribution >= 0.6 is 15.9 Å². The van der Waals surface area contributed by atoms with E-state index in [0.29, 0.717) is 25.4 Å². The van der Waals surface area contributed by atoms with Gasteiger partial charge in [0.15, 0.2) is 0 Å². The number of halogens is 2. The maximum Gasteiger partial charge on any atom is 0.123 e. The SMILES string of the molecule is COCC(C)CC(O)Cc1cc(F)ccc1Br. The van der Waals surface area contributed by atoms with E-state index < -0.39 is 6.10 Å². The lowest BCUT2D eigenvalue weighted by atomic mass is 9.99. The molecule has 1 aromatic carbocycles. The van der Waals surface area contributed by atoms with Crippen LogP contribution in [0, 0.1) is 11.7 Å². The number of hydrogen-bond acceptors (Lipinski definition) is 2. The minimum absolute atomic E-state index is 0.277. The average molecular weight is 305 g/mol. The van der Waals surface area contributed by atoms with Gasteiger partial charge in [-0.05, 0) is 42.5 Å². The van der Waals surface area contributed by atoms with E-state index >= 15 is 0 Å². The largest absolute Gasteiger partial charge is 0.393 e. The molecule has 0 aliphatic heterocycles. The molecule has 1 aromatic rings. The van der Waals surface area contributed by atoms with Crippen LogP contribution in [0.4, 0.5) is 4.39 Å². The summed E-state index contributed by atoms with van der Waals surface area (Å²) >= 11 is 3.35. The van der Waals surface area contributed by atoms with Crippen molar-refractivity contribution in [3.8, 4) is 0 Å². The van der Waals surface area contributed by atoms with E-state index in [-0.39, 0.29) is 5.82 Å². The third-order valence-corrected chi connectivity index (χ3v) is 3.36. The van der Waals surface area contributed by atoms with Crippen molar-refractivity contribution in [1.82, 2.24) is 0 Å². The van der Waals surface area contributed by atoms with Crippen LogP contribution in [0.15, 0.2) is 22.7 Å². The Kier molecular flexibility index (Phi) is 6.09. The molecule has 17 heavy (non-hydrogen) atoms. The molecular formula is C13H18BrFO2. The van der Waals surface area contributed by atoms with Crippen LogP contribution in [-0.4, -0.2) is 24.9 Å². The Labute approximate surface area is 110 Å². The van der Waals surface area contributed by atoms with Gasteiger partial charge in [0.2, 0.25) is 0 Å². The Balaban J connectivity index is 2.55. The second-order valence-electron chi connectivity index (χ2n) is 4.39. The van der Waals surface area contributed by atoms with Crippen molar-refractivity contribution in [3.63, 3.8) is 0 Å². The highest BCUT2D eigenvalue weighted by Crippen LogP contribution is 2.21. The molecule has 0 heterocycles. The summed E-state index contributed by atoms with van der Waals surface area (Å²) in [4.78, 5) is 0. The van der Waals surface area contributed by atoms with Crippen LogP contribution in [0.5, 0.6) is 0 Å². The number of benzene rings is 1. The lowest BCUT2D eigenvalue weighted by molar-refractivity contribution is 0.101. The second-order valence-corrected chi connectivity index (χ2v) is 5.24. The summed E-state index contributed by atoms with van der Waals surface area (Å²) in [5.74, 6) is 0.0164. The number of methoxy groups -OCH3 is 1. The van der Waals surface area contributed by atoms with Crippen molar-refractivity contribution in [2.45, 2.75) is 25.9 Å². The van der Waals surface area contributed by atoms with Crippen molar-refractivity contribution in [3.05, 3.63) is 34.1 Å². The van der Waals surface area contributed by atoms with Gasteiger partial charge < -0.3 is 9.84 Å². The number of aliphatic hydroxyl groups excluding tert-OH is 1. The van der Waals surface area contributed by atoms with Gasteiger partial charge in [0.05, 0.1) is 6.10 Å². The van der Waals surface area contributed by atoms with E-state index in [9.17, 15) is 9.50 Å². The molecule has 0 amide bonds. The zero-order valence-corrected chi connectivity index (χ0v) is 11.7. The van der Waals surface area contributed by atoms with E-state index in [1.807, 2.05) is 6.92 Å². The fourth-order valence-electron chi connectivity index (χ4n) is 1.85. The Morgan fingerprint density at radius 2 is 2.18 bits per heavy atom. The van der Waals surface area contributed by atoms with Gasteiger partial charge in [0.25, 0.3) is 0 Å². The molecule has 0 saturated heterocycles. The average Bonchev–Trinajstić information content (AvgIpc) is 2.23. The van der Waals surface area contributed by atoms with Crippen LogP contribution < -0.4 is 0 Å². The summed E-state index contributed by atoms with van der Waals surface area (Å²) in [6.07, 6.45) is 0.627. The first-order valence-corrected chi connectivity index (χ1v) is 6.43. The highest BCUT2D eigenvalue weighted by Gasteiger charge is 2.13. The Morgan fingerprint density at radius 1 is 1.47 bits per heavy atom. The van der Waals surface area contributed by atoms with Crippen molar-refractivity contribution < 1.29 is 14.2 Å². The molecule has 0 fully saturated rings. The minimum Gasteiger partial charge on any atom is -0.393 e. The maximum absolute atomic E-state index is 13.1.